The maximum Gasteiger partial charge on any atom is 0.253 e. The lowest BCUT2D eigenvalue weighted by Crippen LogP contribution is -2.47. The van der Waals surface area contributed by atoms with Crippen LogP contribution in [0.1, 0.15) is 35.8 Å². The maximum absolute atomic E-state index is 13.0. The van der Waals surface area contributed by atoms with Crippen LogP contribution in [0.5, 0.6) is 0 Å². The van der Waals surface area contributed by atoms with Crippen molar-refractivity contribution in [3.05, 3.63) is 66.1 Å². The number of aromatic nitrogens is 2. The lowest BCUT2D eigenvalue weighted by atomic mass is 9.79. The van der Waals surface area contributed by atoms with Gasteiger partial charge in [0.1, 0.15) is 0 Å². The summed E-state index contributed by atoms with van der Waals surface area (Å²) in [6, 6.07) is 13.7. The minimum atomic E-state index is -0.161. The summed E-state index contributed by atoms with van der Waals surface area (Å²) in [6.07, 6.45) is 6.20. The molecule has 0 N–H and O–H groups in total. The largest absolute Gasteiger partial charge is 0.361 e. The number of hydrogen-bond donors (Lipinski definition) is 0. The Labute approximate surface area is 160 Å². The molecular formula is C22H26N4O. The Bertz CT molecular complexity index is 963. The van der Waals surface area contributed by atoms with Crippen LogP contribution in [0.3, 0.4) is 0 Å². The van der Waals surface area contributed by atoms with Crippen LogP contribution in [0, 0.1) is 0 Å². The lowest BCUT2D eigenvalue weighted by Gasteiger charge is -2.40. The number of fused-ring (bicyclic) bond motifs is 1. The first-order valence-corrected chi connectivity index (χ1v) is 9.48. The molecule has 1 fully saturated rings. The average molecular weight is 362 g/mol. The van der Waals surface area contributed by atoms with Crippen molar-refractivity contribution in [3.63, 3.8) is 0 Å². The number of piperidine rings is 1. The van der Waals surface area contributed by atoms with Gasteiger partial charge in [-0.15, -0.1) is 0 Å². The molecule has 1 aliphatic heterocycles. The zero-order chi connectivity index (χ0) is 19.0. The second kappa shape index (κ2) is 6.72. The van der Waals surface area contributed by atoms with Crippen LogP contribution >= 0.6 is 0 Å². The summed E-state index contributed by atoms with van der Waals surface area (Å²) in [5.41, 5.74) is 2.73. The third kappa shape index (κ3) is 3.18. The number of hydrogen-bond acceptors (Lipinski definition) is 3. The zero-order valence-electron chi connectivity index (χ0n) is 16.2. The molecule has 1 atom stereocenters. The van der Waals surface area contributed by atoms with Gasteiger partial charge in [0.2, 0.25) is 0 Å². The summed E-state index contributed by atoms with van der Waals surface area (Å²) < 4.78 is 2.14. The van der Waals surface area contributed by atoms with Gasteiger partial charge in [-0.3, -0.25) is 4.79 Å². The minimum absolute atomic E-state index is 0.108. The van der Waals surface area contributed by atoms with E-state index in [1.54, 1.807) is 0 Å². The molecule has 27 heavy (non-hydrogen) atoms. The molecule has 0 aliphatic carbocycles. The van der Waals surface area contributed by atoms with Crippen LogP contribution in [0.25, 0.3) is 5.52 Å². The molecule has 0 saturated carbocycles. The highest BCUT2D eigenvalue weighted by Crippen LogP contribution is 2.35. The van der Waals surface area contributed by atoms with E-state index in [0.29, 0.717) is 6.54 Å². The molecule has 3 heterocycles. The van der Waals surface area contributed by atoms with E-state index >= 15 is 0 Å². The monoisotopic (exact) mass is 362 g/mol. The molecule has 5 nitrogen and oxygen atoms in total. The van der Waals surface area contributed by atoms with Gasteiger partial charge in [-0.2, -0.15) is 0 Å². The van der Waals surface area contributed by atoms with Gasteiger partial charge in [0.15, 0.2) is 5.82 Å². The Morgan fingerprint density at radius 1 is 1.15 bits per heavy atom. The zero-order valence-corrected chi connectivity index (χ0v) is 16.2. The quantitative estimate of drug-likeness (QED) is 0.715. The topological polar surface area (TPSA) is 40.9 Å². The van der Waals surface area contributed by atoms with Gasteiger partial charge in [0, 0.05) is 50.6 Å². The summed E-state index contributed by atoms with van der Waals surface area (Å²) >= 11 is 0. The molecule has 4 rings (SSSR count). The highest BCUT2D eigenvalue weighted by molar-refractivity contribution is 5.94. The number of likely N-dealkylation sites (tertiary alicyclic amines) is 1. The molecule has 1 aromatic carbocycles. The first-order valence-electron chi connectivity index (χ1n) is 9.48. The van der Waals surface area contributed by atoms with Gasteiger partial charge in [-0.05, 0) is 37.1 Å². The first kappa shape index (κ1) is 17.6. The van der Waals surface area contributed by atoms with Gasteiger partial charge < -0.3 is 14.2 Å². The Morgan fingerprint density at radius 3 is 2.67 bits per heavy atom. The fourth-order valence-corrected chi connectivity index (χ4v) is 4.03. The van der Waals surface area contributed by atoms with Crippen LogP contribution in [0.15, 0.2) is 54.9 Å². The van der Waals surface area contributed by atoms with Crippen molar-refractivity contribution in [3.8, 4) is 0 Å². The molecule has 0 spiro atoms. The second-order valence-electron chi connectivity index (χ2n) is 7.90. The SMILES string of the molecule is CN(C)c1nc([C@@]2(C)CCCN(C(=O)c3ccccc3)C2)cn2cccc12. The fourth-order valence-electron chi connectivity index (χ4n) is 4.03. The van der Waals surface area contributed by atoms with E-state index in [1.165, 1.54) is 0 Å². The summed E-state index contributed by atoms with van der Waals surface area (Å²) in [5, 5.41) is 0. The van der Waals surface area contributed by atoms with E-state index in [1.807, 2.05) is 55.4 Å². The van der Waals surface area contributed by atoms with E-state index in [9.17, 15) is 4.79 Å². The molecule has 0 radical (unpaired) electrons. The summed E-state index contributed by atoms with van der Waals surface area (Å²) in [7, 11) is 4.04. The third-order valence-electron chi connectivity index (χ3n) is 5.54. The van der Waals surface area contributed by atoms with Crippen molar-refractivity contribution in [1.82, 2.24) is 14.3 Å². The number of amides is 1. The van der Waals surface area contributed by atoms with Gasteiger partial charge in [-0.25, -0.2) is 4.98 Å². The normalized spacial score (nSPS) is 20.0. The maximum atomic E-state index is 13.0. The van der Waals surface area contributed by atoms with Crippen molar-refractivity contribution in [2.45, 2.75) is 25.2 Å². The first-order chi connectivity index (χ1) is 13.0. The number of anilines is 1. The van der Waals surface area contributed by atoms with Crippen LogP contribution in [-0.2, 0) is 5.41 Å². The highest BCUT2D eigenvalue weighted by atomic mass is 16.2. The van der Waals surface area contributed by atoms with Crippen molar-refractivity contribution < 1.29 is 4.79 Å². The Hall–Kier alpha value is -2.82. The molecule has 1 aliphatic rings. The molecule has 1 saturated heterocycles. The van der Waals surface area contributed by atoms with E-state index in [0.717, 1.165) is 42.0 Å². The average Bonchev–Trinajstić information content (AvgIpc) is 3.16. The van der Waals surface area contributed by atoms with Crippen molar-refractivity contribution in [2.24, 2.45) is 0 Å². The Morgan fingerprint density at radius 2 is 1.93 bits per heavy atom. The van der Waals surface area contributed by atoms with Crippen LogP contribution in [0.4, 0.5) is 5.82 Å². The number of benzene rings is 1. The van der Waals surface area contributed by atoms with Crippen molar-refractivity contribution in [2.75, 3.05) is 32.1 Å². The standard InChI is InChI=1S/C22H26N4O/c1-22(19-15-25-13-7-11-18(25)20(23-19)24(2)3)12-8-14-26(16-22)21(27)17-9-5-4-6-10-17/h4-7,9-11,13,15H,8,12,14,16H2,1-3H3/t22-/m0/s1. The molecular weight excluding hydrogens is 336 g/mol. The summed E-state index contributed by atoms with van der Waals surface area (Å²) in [6.45, 7) is 3.72. The van der Waals surface area contributed by atoms with Gasteiger partial charge in [0.05, 0.1) is 11.2 Å². The molecule has 2 aromatic heterocycles. The minimum Gasteiger partial charge on any atom is -0.361 e. The lowest BCUT2D eigenvalue weighted by molar-refractivity contribution is 0.0647. The van der Waals surface area contributed by atoms with Crippen LogP contribution in [-0.4, -0.2) is 47.4 Å². The molecule has 1 amide bonds. The molecule has 0 unspecified atom stereocenters. The van der Waals surface area contributed by atoms with Crippen LogP contribution in [0.2, 0.25) is 0 Å². The third-order valence-corrected chi connectivity index (χ3v) is 5.54. The van der Waals surface area contributed by atoms with Crippen molar-refractivity contribution in [1.29, 1.82) is 0 Å². The predicted octanol–water partition coefficient (Wildman–Crippen LogP) is 3.59. The van der Waals surface area contributed by atoms with E-state index < -0.39 is 0 Å². The van der Waals surface area contributed by atoms with Gasteiger partial charge in [0.25, 0.3) is 5.91 Å². The molecule has 5 heteroatoms. The Kier molecular flexibility index (Phi) is 4.38. The molecule has 3 aromatic rings. The second-order valence-corrected chi connectivity index (χ2v) is 7.90. The summed E-state index contributed by atoms with van der Waals surface area (Å²) in [4.78, 5) is 22.0. The predicted molar refractivity (Wildman–Crippen MR) is 108 cm³/mol. The smallest absolute Gasteiger partial charge is 0.253 e. The number of rotatable bonds is 3. The number of carbonyl (C=O) groups is 1. The van der Waals surface area contributed by atoms with Crippen molar-refractivity contribution >= 4 is 17.2 Å². The van der Waals surface area contributed by atoms with Crippen LogP contribution < -0.4 is 4.90 Å². The van der Waals surface area contributed by atoms with E-state index in [-0.39, 0.29) is 11.3 Å². The number of nitrogens with zero attached hydrogens (tertiary/aromatic N) is 4. The highest BCUT2D eigenvalue weighted by Gasteiger charge is 2.36. The number of carbonyl (C=O) groups excluding carboxylic acids is 1. The molecule has 140 valence electrons. The van der Waals surface area contributed by atoms with Gasteiger partial charge in [-0.1, -0.05) is 25.1 Å². The fraction of sp³-hybridized carbons (Fsp3) is 0.364. The van der Waals surface area contributed by atoms with Gasteiger partial charge >= 0.3 is 0 Å². The Balaban J connectivity index is 1.68. The summed E-state index contributed by atoms with van der Waals surface area (Å²) in [5.74, 6) is 1.07. The molecule has 0 bridgehead atoms. The van der Waals surface area contributed by atoms with E-state index in [4.69, 9.17) is 4.98 Å². The van der Waals surface area contributed by atoms with E-state index in [2.05, 4.69) is 34.7 Å².